The van der Waals surface area contributed by atoms with Crippen LogP contribution in [-0.4, -0.2) is 30.8 Å². The molecule has 0 unspecified atom stereocenters. The molecule has 2 N–H and O–H groups in total. The largest absolute Gasteiger partial charge is 0.454 e. The molecule has 5 rings (SSSR count). The fraction of sp³-hybridized carbons (Fsp3) is 0.0345. The molecule has 0 atom stereocenters. The molecule has 0 aromatic heterocycles. The minimum atomic E-state index is -0.617. The van der Waals surface area contributed by atoms with Crippen LogP contribution >= 0.6 is 11.6 Å². The van der Waals surface area contributed by atoms with Crippen LogP contribution < -0.4 is 25.0 Å². The van der Waals surface area contributed by atoms with Gasteiger partial charge in [-0.05, 0) is 72.8 Å². The molecule has 0 radical (unpaired) electrons. The molecule has 10 heteroatoms. The summed E-state index contributed by atoms with van der Waals surface area (Å²) in [5.74, 6) is -0.153. The first kappa shape index (κ1) is 25.5. The third-order valence-corrected chi connectivity index (χ3v) is 5.83. The fourth-order valence-corrected chi connectivity index (χ4v) is 3.80. The highest BCUT2D eigenvalue weighted by atomic mass is 35.5. The summed E-state index contributed by atoms with van der Waals surface area (Å²) < 4.78 is 16.1. The van der Waals surface area contributed by atoms with Crippen LogP contribution in [0.2, 0.25) is 5.02 Å². The zero-order valence-corrected chi connectivity index (χ0v) is 21.0. The number of hydrazone groups is 1. The first-order valence-electron chi connectivity index (χ1n) is 11.7. The van der Waals surface area contributed by atoms with E-state index in [2.05, 4.69) is 15.8 Å². The van der Waals surface area contributed by atoms with Gasteiger partial charge in [-0.25, -0.2) is 10.2 Å². The number of carbonyl (C=O) groups excluding carboxylic acids is 3. The van der Waals surface area contributed by atoms with Crippen molar-refractivity contribution in [3.8, 4) is 17.2 Å². The molecule has 4 aromatic carbocycles. The smallest absolute Gasteiger partial charge is 0.343 e. The first-order chi connectivity index (χ1) is 19.0. The van der Waals surface area contributed by atoms with Gasteiger partial charge in [0, 0.05) is 27.4 Å². The lowest BCUT2D eigenvalue weighted by Crippen LogP contribution is -2.18. The van der Waals surface area contributed by atoms with Gasteiger partial charge in [-0.1, -0.05) is 29.8 Å². The van der Waals surface area contributed by atoms with E-state index in [9.17, 15) is 14.4 Å². The zero-order valence-electron chi connectivity index (χ0n) is 20.2. The maximum atomic E-state index is 12.7. The van der Waals surface area contributed by atoms with E-state index in [1.54, 1.807) is 72.8 Å². The number of esters is 1. The Labute approximate surface area is 228 Å². The molecule has 1 aliphatic rings. The summed E-state index contributed by atoms with van der Waals surface area (Å²) in [6, 6.07) is 24.5. The van der Waals surface area contributed by atoms with Crippen molar-refractivity contribution in [1.29, 1.82) is 0 Å². The molecule has 39 heavy (non-hydrogen) atoms. The molecular formula is C29H20ClN3O6. The Morgan fingerprint density at radius 3 is 2.31 bits per heavy atom. The molecule has 1 heterocycles. The third-order valence-electron chi connectivity index (χ3n) is 5.59. The Bertz CT molecular complexity index is 1570. The Kier molecular flexibility index (Phi) is 7.51. The number of carbonyl (C=O) groups is 3. The third kappa shape index (κ3) is 6.23. The highest BCUT2D eigenvalue weighted by molar-refractivity contribution is 6.31. The van der Waals surface area contributed by atoms with Gasteiger partial charge in [-0.3, -0.25) is 9.59 Å². The monoisotopic (exact) mass is 541 g/mol. The summed E-state index contributed by atoms with van der Waals surface area (Å²) >= 11 is 6.11. The van der Waals surface area contributed by atoms with Gasteiger partial charge in [0.1, 0.15) is 5.75 Å². The molecule has 0 fully saturated rings. The van der Waals surface area contributed by atoms with E-state index in [1.165, 1.54) is 18.3 Å². The van der Waals surface area contributed by atoms with Gasteiger partial charge in [0.2, 0.25) is 6.79 Å². The average Bonchev–Trinajstić information content (AvgIpc) is 3.43. The number of nitrogens with zero attached hydrogens (tertiary/aromatic N) is 1. The number of hydrogen-bond donors (Lipinski definition) is 2. The molecule has 0 bridgehead atoms. The average molecular weight is 542 g/mol. The van der Waals surface area contributed by atoms with Crippen LogP contribution in [-0.2, 0) is 0 Å². The number of ether oxygens (including phenoxy) is 3. The number of benzene rings is 4. The molecule has 4 aromatic rings. The minimum absolute atomic E-state index is 0.0896. The second kappa shape index (κ2) is 11.5. The van der Waals surface area contributed by atoms with Crippen LogP contribution in [0.25, 0.3) is 0 Å². The minimum Gasteiger partial charge on any atom is -0.454 e. The van der Waals surface area contributed by atoms with E-state index in [4.69, 9.17) is 25.8 Å². The molecule has 1 aliphatic heterocycles. The van der Waals surface area contributed by atoms with E-state index in [1.807, 2.05) is 6.07 Å². The van der Waals surface area contributed by atoms with Crippen molar-refractivity contribution in [2.24, 2.45) is 5.10 Å². The summed E-state index contributed by atoms with van der Waals surface area (Å²) in [7, 11) is 0. The number of halogens is 1. The topological polar surface area (TPSA) is 115 Å². The fourth-order valence-electron chi connectivity index (χ4n) is 3.62. The molecular weight excluding hydrogens is 522 g/mol. The van der Waals surface area contributed by atoms with E-state index < -0.39 is 11.9 Å². The SMILES string of the molecule is O=C(N/N=C/c1cc(Cl)ccc1OC(=O)c1ccc2c(c1)OCO2)c1ccc(NC(=O)c2ccccc2)cc1. The standard InChI is InChI=1S/C29H20ClN3O6/c30-22-9-13-24(39-29(36)20-8-12-25-26(15-20)38-17-37-25)21(14-22)16-31-33-28(35)19-6-10-23(11-7-19)32-27(34)18-4-2-1-3-5-18/h1-16H,17H2,(H,32,34)(H,33,35)/b31-16+. The lowest BCUT2D eigenvalue weighted by molar-refractivity contribution is 0.0733. The van der Waals surface area contributed by atoms with Crippen molar-refractivity contribution in [2.45, 2.75) is 0 Å². The summed E-state index contributed by atoms with van der Waals surface area (Å²) in [6.07, 6.45) is 1.32. The van der Waals surface area contributed by atoms with Crippen molar-refractivity contribution >= 4 is 41.3 Å². The van der Waals surface area contributed by atoms with Crippen LogP contribution in [0.4, 0.5) is 5.69 Å². The Hall–Kier alpha value is -5.15. The van der Waals surface area contributed by atoms with Gasteiger partial charge in [-0.15, -0.1) is 0 Å². The van der Waals surface area contributed by atoms with Gasteiger partial charge in [0.25, 0.3) is 11.8 Å². The molecule has 0 saturated heterocycles. The highest BCUT2D eigenvalue weighted by Gasteiger charge is 2.18. The van der Waals surface area contributed by atoms with Crippen molar-refractivity contribution in [2.75, 3.05) is 12.1 Å². The number of hydrogen-bond acceptors (Lipinski definition) is 7. The molecule has 194 valence electrons. The van der Waals surface area contributed by atoms with Crippen molar-refractivity contribution in [3.63, 3.8) is 0 Å². The Balaban J connectivity index is 1.21. The van der Waals surface area contributed by atoms with Crippen LogP contribution in [0.5, 0.6) is 17.2 Å². The van der Waals surface area contributed by atoms with E-state index >= 15 is 0 Å². The number of amides is 2. The molecule has 0 saturated carbocycles. The number of rotatable bonds is 7. The van der Waals surface area contributed by atoms with Crippen LogP contribution in [0.1, 0.15) is 36.6 Å². The van der Waals surface area contributed by atoms with Crippen molar-refractivity contribution in [3.05, 3.63) is 118 Å². The van der Waals surface area contributed by atoms with Crippen LogP contribution in [0.3, 0.4) is 0 Å². The Morgan fingerprint density at radius 1 is 0.795 bits per heavy atom. The van der Waals surface area contributed by atoms with Gasteiger partial charge in [-0.2, -0.15) is 5.10 Å². The number of anilines is 1. The first-order valence-corrected chi connectivity index (χ1v) is 12.1. The lowest BCUT2D eigenvalue weighted by atomic mass is 10.1. The van der Waals surface area contributed by atoms with Crippen molar-refractivity contribution in [1.82, 2.24) is 5.43 Å². The Morgan fingerprint density at radius 2 is 1.51 bits per heavy atom. The maximum absolute atomic E-state index is 12.7. The van der Waals surface area contributed by atoms with Gasteiger partial charge in [0.15, 0.2) is 11.5 Å². The predicted octanol–water partition coefficient (Wildman–Crippen LogP) is 5.30. The highest BCUT2D eigenvalue weighted by Crippen LogP contribution is 2.33. The second-order valence-corrected chi connectivity index (χ2v) is 8.67. The van der Waals surface area contributed by atoms with Crippen LogP contribution in [0, 0.1) is 0 Å². The second-order valence-electron chi connectivity index (χ2n) is 8.24. The maximum Gasteiger partial charge on any atom is 0.343 e. The summed E-state index contributed by atoms with van der Waals surface area (Å²) in [5, 5.41) is 7.14. The molecule has 9 nitrogen and oxygen atoms in total. The predicted molar refractivity (Wildman–Crippen MR) is 145 cm³/mol. The quantitative estimate of drug-likeness (QED) is 0.142. The van der Waals surface area contributed by atoms with Gasteiger partial charge in [0.05, 0.1) is 11.8 Å². The lowest BCUT2D eigenvalue weighted by Gasteiger charge is -2.09. The van der Waals surface area contributed by atoms with Crippen LogP contribution in [0.15, 0.2) is 96.1 Å². The zero-order chi connectivity index (χ0) is 27.2. The molecule has 0 aliphatic carbocycles. The number of nitrogens with one attached hydrogen (secondary N) is 2. The summed E-state index contributed by atoms with van der Waals surface area (Å²) in [4.78, 5) is 37.5. The normalized spacial score (nSPS) is 11.7. The van der Waals surface area contributed by atoms with Gasteiger partial charge >= 0.3 is 5.97 Å². The van der Waals surface area contributed by atoms with E-state index in [-0.39, 0.29) is 24.0 Å². The number of fused-ring (bicyclic) bond motifs is 1. The summed E-state index contributed by atoms with van der Waals surface area (Å²) in [5.41, 5.74) is 4.45. The van der Waals surface area contributed by atoms with Crippen molar-refractivity contribution < 1.29 is 28.6 Å². The molecule has 2 amide bonds. The summed E-state index contributed by atoms with van der Waals surface area (Å²) in [6.45, 7) is 0.0896. The van der Waals surface area contributed by atoms with E-state index in [0.29, 0.717) is 38.9 Å². The van der Waals surface area contributed by atoms with Gasteiger partial charge < -0.3 is 19.5 Å². The van der Waals surface area contributed by atoms with E-state index in [0.717, 1.165) is 0 Å². The molecule has 0 spiro atoms.